The third-order valence-electron chi connectivity index (χ3n) is 6.41. The van der Waals surface area contributed by atoms with Crippen molar-refractivity contribution in [2.75, 3.05) is 11.4 Å². The van der Waals surface area contributed by atoms with Gasteiger partial charge < -0.3 is 9.30 Å². The summed E-state index contributed by atoms with van der Waals surface area (Å²) in [6.07, 6.45) is 5.52. The van der Waals surface area contributed by atoms with Crippen LogP contribution in [-0.2, 0) is 11.3 Å². The lowest BCUT2D eigenvalue weighted by Crippen LogP contribution is -2.40. The number of benzene rings is 2. The molecule has 6 nitrogen and oxygen atoms in total. The molecule has 3 aromatic rings. The molecule has 1 spiro atoms. The summed E-state index contributed by atoms with van der Waals surface area (Å²) in [6.45, 7) is 10.7. The zero-order valence-electron chi connectivity index (χ0n) is 17.0. The number of aromatic nitrogens is 2. The van der Waals surface area contributed by atoms with Gasteiger partial charge in [0.1, 0.15) is 5.60 Å². The number of carbonyl (C=O) groups is 1. The van der Waals surface area contributed by atoms with Crippen molar-refractivity contribution in [1.29, 1.82) is 0 Å². The van der Waals surface area contributed by atoms with Gasteiger partial charge in [0.15, 0.2) is 5.69 Å². The number of hydrogen-bond donors (Lipinski definition) is 0. The molecule has 2 heterocycles. The molecule has 2 aromatic carbocycles. The monoisotopic (exact) mass is 400 g/mol. The molecule has 1 aliphatic carbocycles. The molecule has 6 heteroatoms. The first-order valence-electron chi connectivity index (χ1n) is 10.4. The smallest absolute Gasteiger partial charge is 0.415 e. The first-order chi connectivity index (χ1) is 14.5. The van der Waals surface area contributed by atoms with Crippen molar-refractivity contribution in [2.24, 2.45) is 5.92 Å². The zero-order valence-corrected chi connectivity index (χ0v) is 17.0. The first-order valence-corrected chi connectivity index (χ1v) is 10.4. The van der Waals surface area contributed by atoms with Crippen molar-refractivity contribution in [3.8, 4) is 0 Å². The number of amides is 1. The summed E-state index contributed by atoms with van der Waals surface area (Å²) in [7, 11) is 0. The molecule has 1 amide bonds. The van der Waals surface area contributed by atoms with Crippen molar-refractivity contribution in [3.63, 3.8) is 0 Å². The molecule has 1 aliphatic heterocycles. The van der Waals surface area contributed by atoms with E-state index in [1.807, 2.05) is 49.6 Å². The van der Waals surface area contributed by atoms with Gasteiger partial charge in [0, 0.05) is 12.2 Å². The van der Waals surface area contributed by atoms with Gasteiger partial charge in [-0.1, -0.05) is 23.8 Å². The number of imidazole rings is 1. The van der Waals surface area contributed by atoms with Crippen LogP contribution >= 0.6 is 0 Å². The van der Waals surface area contributed by atoms with E-state index in [0.717, 1.165) is 48.9 Å². The number of nitrogens with zero attached hydrogens (tertiary/aromatic N) is 4. The summed E-state index contributed by atoms with van der Waals surface area (Å²) in [5, 5.41) is 0. The van der Waals surface area contributed by atoms with Crippen LogP contribution in [0.15, 0.2) is 48.8 Å². The average Bonchev–Trinajstić information content (AvgIpc) is 3.29. The van der Waals surface area contributed by atoms with Gasteiger partial charge in [-0.25, -0.2) is 14.6 Å². The van der Waals surface area contributed by atoms with Crippen LogP contribution in [0.5, 0.6) is 0 Å². The van der Waals surface area contributed by atoms with Crippen molar-refractivity contribution in [1.82, 2.24) is 9.55 Å². The number of fused-ring (bicyclic) bond motifs is 1. The summed E-state index contributed by atoms with van der Waals surface area (Å²) < 4.78 is 8.12. The van der Waals surface area contributed by atoms with E-state index in [1.165, 1.54) is 5.56 Å². The predicted octanol–water partition coefficient (Wildman–Crippen LogP) is 5.48. The zero-order chi connectivity index (χ0) is 20.7. The number of hydrogen-bond acceptors (Lipinski definition) is 3. The van der Waals surface area contributed by atoms with Crippen LogP contribution in [0.2, 0.25) is 0 Å². The molecule has 1 aromatic heterocycles. The third kappa shape index (κ3) is 3.30. The molecule has 152 valence electrons. The van der Waals surface area contributed by atoms with Crippen LogP contribution in [0.4, 0.5) is 16.2 Å². The Balaban J connectivity index is 1.35. The van der Waals surface area contributed by atoms with Crippen LogP contribution in [0, 0.1) is 19.4 Å². The SMILES string of the molecule is [C-]#[N+]c1ccc2ncn(C[C@H]3CCC[C@]4(C3)CN(c3ccc(C)cc3)C(=O)O4)c2c1. The van der Waals surface area contributed by atoms with E-state index >= 15 is 0 Å². The fourth-order valence-corrected chi connectivity index (χ4v) is 4.92. The van der Waals surface area contributed by atoms with Gasteiger partial charge in [-0.15, -0.1) is 0 Å². The third-order valence-corrected chi connectivity index (χ3v) is 6.41. The second-order valence-corrected chi connectivity index (χ2v) is 8.62. The molecule has 2 fully saturated rings. The molecule has 0 radical (unpaired) electrons. The average molecular weight is 400 g/mol. The number of aryl methyl sites for hydroxylation is 1. The lowest BCUT2D eigenvalue weighted by atomic mass is 9.78. The molecular formula is C24H24N4O2. The molecule has 2 atom stereocenters. The maximum absolute atomic E-state index is 12.7. The Morgan fingerprint density at radius 2 is 2.10 bits per heavy atom. The Kier molecular flexibility index (Phi) is 4.47. The number of rotatable bonds is 3. The summed E-state index contributed by atoms with van der Waals surface area (Å²) in [6, 6.07) is 13.6. The van der Waals surface area contributed by atoms with Crippen LogP contribution in [0.25, 0.3) is 15.9 Å². The van der Waals surface area contributed by atoms with Crippen LogP contribution < -0.4 is 4.90 Å². The predicted molar refractivity (Wildman–Crippen MR) is 116 cm³/mol. The fourth-order valence-electron chi connectivity index (χ4n) is 4.92. The Hall–Kier alpha value is -3.33. The Labute approximate surface area is 175 Å². The number of ether oxygens (including phenoxy) is 1. The molecule has 1 saturated heterocycles. The summed E-state index contributed by atoms with van der Waals surface area (Å²) in [5.74, 6) is 0.401. The van der Waals surface area contributed by atoms with Crippen molar-refractivity contribution >= 4 is 28.5 Å². The van der Waals surface area contributed by atoms with Gasteiger partial charge in [0.25, 0.3) is 0 Å². The summed E-state index contributed by atoms with van der Waals surface area (Å²) >= 11 is 0. The van der Waals surface area contributed by atoms with Crippen LogP contribution in [-0.4, -0.2) is 27.8 Å². The van der Waals surface area contributed by atoms with E-state index < -0.39 is 5.60 Å². The number of anilines is 1. The molecule has 30 heavy (non-hydrogen) atoms. The van der Waals surface area contributed by atoms with Gasteiger partial charge in [0.2, 0.25) is 0 Å². The summed E-state index contributed by atoms with van der Waals surface area (Å²) in [5.41, 5.74) is 4.19. The fraction of sp³-hybridized carbons (Fsp3) is 0.375. The normalized spacial score (nSPS) is 23.7. The second kappa shape index (κ2) is 7.17. The lowest BCUT2D eigenvalue weighted by Gasteiger charge is -2.36. The standard InChI is InChI=1S/C24H24N4O2/c1-17-5-8-20(9-6-17)28-15-24(30-23(28)29)11-3-4-18(13-24)14-27-16-26-21-10-7-19(25-2)12-22(21)27/h5-10,12,16,18H,3-4,11,13-15H2,1H3/t18-,24-/m0/s1. The van der Waals surface area contributed by atoms with E-state index in [0.29, 0.717) is 18.2 Å². The molecule has 2 aliphatic rings. The molecular weight excluding hydrogens is 376 g/mol. The minimum atomic E-state index is -0.414. The molecule has 0 unspecified atom stereocenters. The molecule has 1 saturated carbocycles. The van der Waals surface area contributed by atoms with Gasteiger partial charge in [0.05, 0.1) is 30.5 Å². The molecule has 0 N–H and O–H groups in total. The Morgan fingerprint density at radius 1 is 1.27 bits per heavy atom. The molecule has 5 rings (SSSR count). The first kappa shape index (κ1) is 18.7. The van der Waals surface area contributed by atoms with Gasteiger partial charge in [-0.2, -0.15) is 0 Å². The van der Waals surface area contributed by atoms with E-state index in [2.05, 4.69) is 14.4 Å². The van der Waals surface area contributed by atoms with E-state index in [9.17, 15) is 4.79 Å². The second-order valence-electron chi connectivity index (χ2n) is 8.62. The van der Waals surface area contributed by atoms with E-state index in [-0.39, 0.29) is 6.09 Å². The van der Waals surface area contributed by atoms with Crippen LogP contribution in [0.1, 0.15) is 31.2 Å². The highest BCUT2D eigenvalue weighted by Crippen LogP contribution is 2.42. The highest BCUT2D eigenvalue weighted by Gasteiger charge is 2.48. The Morgan fingerprint density at radius 3 is 2.90 bits per heavy atom. The number of carbonyl (C=O) groups excluding carboxylic acids is 1. The lowest BCUT2D eigenvalue weighted by molar-refractivity contribution is 0.00439. The van der Waals surface area contributed by atoms with Gasteiger partial charge in [-0.3, -0.25) is 4.90 Å². The van der Waals surface area contributed by atoms with Crippen molar-refractivity contribution < 1.29 is 9.53 Å². The maximum atomic E-state index is 12.7. The van der Waals surface area contributed by atoms with Gasteiger partial charge in [-0.05, 0) is 62.8 Å². The minimum Gasteiger partial charge on any atom is -0.441 e. The highest BCUT2D eigenvalue weighted by molar-refractivity contribution is 5.90. The van der Waals surface area contributed by atoms with Gasteiger partial charge >= 0.3 is 6.09 Å². The highest BCUT2D eigenvalue weighted by atomic mass is 16.6. The van der Waals surface area contributed by atoms with Crippen molar-refractivity contribution in [2.45, 2.75) is 44.8 Å². The van der Waals surface area contributed by atoms with Crippen molar-refractivity contribution in [3.05, 3.63) is 65.8 Å². The largest absolute Gasteiger partial charge is 0.441 e. The summed E-state index contributed by atoms with van der Waals surface area (Å²) in [4.78, 5) is 22.5. The van der Waals surface area contributed by atoms with E-state index in [1.54, 1.807) is 11.0 Å². The maximum Gasteiger partial charge on any atom is 0.415 e. The molecule has 0 bridgehead atoms. The topological polar surface area (TPSA) is 51.7 Å². The van der Waals surface area contributed by atoms with E-state index in [4.69, 9.17) is 11.3 Å². The Bertz CT molecular complexity index is 1140. The van der Waals surface area contributed by atoms with Crippen LogP contribution in [0.3, 0.4) is 0 Å². The quantitative estimate of drug-likeness (QED) is 0.547. The minimum absolute atomic E-state index is 0.241.